The van der Waals surface area contributed by atoms with Crippen LogP contribution in [0.2, 0.25) is 0 Å². The van der Waals surface area contributed by atoms with E-state index in [1.807, 2.05) is 0 Å². The van der Waals surface area contributed by atoms with Crippen LogP contribution in [0.1, 0.15) is 22.3 Å². The van der Waals surface area contributed by atoms with E-state index in [-0.39, 0.29) is 0 Å². The van der Waals surface area contributed by atoms with Crippen molar-refractivity contribution >= 4 is 27.8 Å². The van der Waals surface area contributed by atoms with Crippen LogP contribution in [-0.2, 0) is 5.41 Å². The van der Waals surface area contributed by atoms with Crippen molar-refractivity contribution in [3.8, 4) is 55.6 Å². The third kappa shape index (κ3) is 6.56. The lowest BCUT2D eigenvalue weighted by Gasteiger charge is -2.34. The Morgan fingerprint density at radius 1 is 0.273 bits per heavy atom. The van der Waals surface area contributed by atoms with Gasteiger partial charge in [-0.2, -0.15) is 0 Å². The van der Waals surface area contributed by atoms with Crippen molar-refractivity contribution in [1.82, 2.24) is 0 Å². The molecule has 1 nitrogen and oxygen atoms in total. The summed E-state index contributed by atoms with van der Waals surface area (Å²) < 4.78 is 0. The van der Waals surface area contributed by atoms with Crippen molar-refractivity contribution in [3.63, 3.8) is 0 Å². The molecule has 1 aliphatic rings. The van der Waals surface area contributed by atoms with Gasteiger partial charge in [-0.25, -0.2) is 0 Å². The van der Waals surface area contributed by atoms with E-state index in [1.165, 1.54) is 72.0 Å². The van der Waals surface area contributed by atoms with Crippen molar-refractivity contribution < 1.29 is 0 Å². The summed E-state index contributed by atoms with van der Waals surface area (Å²) in [6.45, 7) is 0. The van der Waals surface area contributed by atoms with Crippen molar-refractivity contribution in [3.05, 3.63) is 295 Å². The Hall–Kier alpha value is -8.52. The molecule has 0 spiro atoms. The van der Waals surface area contributed by atoms with Crippen LogP contribution in [0.3, 0.4) is 0 Å². The summed E-state index contributed by atoms with van der Waals surface area (Å²) in [5, 5.41) is 2.50. The molecule has 0 saturated heterocycles. The van der Waals surface area contributed by atoms with E-state index in [1.54, 1.807) is 0 Å². The van der Waals surface area contributed by atoms with Crippen molar-refractivity contribution in [2.24, 2.45) is 0 Å². The molecule has 0 fully saturated rings. The third-order valence-corrected chi connectivity index (χ3v) is 13.6. The Morgan fingerprint density at radius 3 is 1.45 bits per heavy atom. The predicted molar refractivity (Wildman–Crippen MR) is 278 cm³/mol. The first-order valence-corrected chi connectivity index (χ1v) is 22.8. The lowest BCUT2D eigenvalue weighted by atomic mass is 9.68. The van der Waals surface area contributed by atoms with Gasteiger partial charge in [0.15, 0.2) is 0 Å². The van der Waals surface area contributed by atoms with Gasteiger partial charge < -0.3 is 4.90 Å². The standard InChI is InChI=1S/C65H45N/c1-4-19-46(20-5-1)47-37-39-48(40-38-47)52-23-16-28-55(45-52)66(62-35-15-13-30-58(62)51-43-41-50(42-44-51)57-32-17-22-49-21-10-11-29-56(49)57)63-36-18-34-61-64(63)59-31-12-14-33-60(59)65(61,53-24-6-2-7-25-53)54-26-8-3-9-27-54/h1-45H. The molecule has 0 amide bonds. The second kappa shape index (κ2) is 16.6. The fraction of sp³-hybridized carbons (Fsp3) is 0.0154. The van der Waals surface area contributed by atoms with E-state index in [0.29, 0.717) is 0 Å². The number of benzene rings is 11. The molecule has 0 bridgehead atoms. The molecular formula is C65H45N. The largest absolute Gasteiger partial charge is 0.309 e. The highest BCUT2D eigenvalue weighted by atomic mass is 15.1. The number of para-hydroxylation sites is 1. The first-order chi connectivity index (χ1) is 32.8. The smallest absolute Gasteiger partial charge is 0.0714 e. The number of nitrogens with zero attached hydrogens (tertiary/aromatic N) is 1. The minimum Gasteiger partial charge on any atom is -0.309 e. The van der Waals surface area contributed by atoms with E-state index < -0.39 is 5.41 Å². The maximum atomic E-state index is 2.51. The van der Waals surface area contributed by atoms with Crippen LogP contribution in [-0.4, -0.2) is 0 Å². The molecule has 11 aromatic carbocycles. The van der Waals surface area contributed by atoms with Gasteiger partial charge in [-0.05, 0) is 102 Å². The second-order valence-corrected chi connectivity index (χ2v) is 17.2. The van der Waals surface area contributed by atoms with E-state index in [9.17, 15) is 0 Å². The maximum Gasteiger partial charge on any atom is 0.0714 e. The Morgan fingerprint density at radius 2 is 0.727 bits per heavy atom. The molecule has 0 aliphatic heterocycles. The van der Waals surface area contributed by atoms with Gasteiger partial charge in [0.25, 0.3) is 0 Å². The summed E-state index contributed by atoms with van der Waals surface area (Å²) >= 11 is 0. The average Bonchev–Trinajstić information content (AvgIpc) is 3.71. The molecular weight excluding hydrogens is 795 g/mol. The predicted octanol–water partition coefficient (Wildman–Crippen LogP) is 17.3. The van der Waals surface area contributed by atoms with Crippen LogP contribution >= 0.6 is 0 Å². The molecule has 12 rings (SSSR count). The number of rotatable bonds is 9. The molecule has 0 atom stereocenters. The van der Waals surface area contributed by atoms with Gasteiger partial charge in [0.05, 0.1) is 16.8 Å². The Balaban J connectivity index is 1.07. The summed E-state index contributed by atoms with van der Waals surface area (Å²) in [7, 11) is 0. The number of hydrogen-bond acceptors (Lipinski definition) is 1. The molecule has 66 heavy (non-hydrogen) atoms. The zero-order chi connectivity index (χ0) is 43.9. The van der Waals surface area contributed by atoms with Gasteiger partial charge in [0.1, 0.15) is 0 Å². The molecule has 1 aliphatic carbocycles. The highest BCUT2D eigenvalue weighted by Gasteiger charge is 2.47. The van der Waals surface area contributed by atoms with Gasteiger partial charge in [-0.1, -0.05) is 249 Å². The topological polar surface area (TPSA) is 3.24 Å². The zero-order valence-electron chi connectivity index (χ0n) is 36.4. The lowest BCUT2D eigenvalue weighted by Crippen LogP contribution is -2.28. The maximum absolute atomic E-state index is 2.51. The van der Waals surface area contributed by atoms with Gasteiger partial charge in [0, 0.05) is 16.8 Å². The lowest BCUT2D eigenvalue weighted by molar-refractivity contribution is 0.768. The quantitative estimate of drug-likeness (QED) is 0.140. The van der Waals surface area contributed by atoms with Crippen LogP contribution in [0.15, 0.2) is 273 Å². The summed E-state index contributed by atoms with van der Waals surface area (Å²) in [4.78, 5) is 2.51. The molecule has 11 aromatic rings. The second-order valence-electron chi connectivity index (χ2n) is 17.2. The van der Waals surface area contributed by atoms with Crippen LogP contribution in [0.5, 0.6) is 0 Å². The minimum atomic E-state index is -0.532. The molecule has 310 valence electrons. The molecule has 0 heterocycles. The number of anilines is 3. The summed E-state index contributed by atoms with van der Waals surface area (Å²) in [5.74, 6) is 0. The Labute approximate surface area is 387 Å². The molecule has 0 saturated carbocycles. The van der Waals surface area contributed by atoms with Crippen LogP contribution in [0.4, 0.5) is 17.1 Å². The van der Waals surface area contributed by atoms with E-state index in [0.717, 1.165) is 33.8 Å². The summed E-state index contributed by atoms with van der Waals surface area (Å²) in [6, 6.07) is 100. The first-order valence-electron chi connectivity index (χ1n) is 22.8. The van der Waals surface area contributed by atoms with E-state index in [4.69, 9.17) is 0 Å². The Bertz CT molecular complexity index is 3460. The highest BCUT2D eigenvalue weighted by molar-refractivity contribution is 6.01. The zero-order valence-corrected chi connectivity index (χ0v) is 36.4. The number of fused-ring (bicyclic) bond motifs is 4. The first kappa shape index (κ1) is 39.1. The molecule has 1 heteroatoms. The van der Waals surface area contributed by atoms with Gasteiger partial charge in [-0.15, -0.1) is 0 Å². The average molecular weight is 840 g/mol. The van der Waals surface area contributed by atoms with Crippen LogP contribution in [0, 0.1) is 0 Å². The van der Waals surface area contributed by atoms with Crippen LogP contribution < -0.4 is 4.90 Å². The Kier molecular flexibility index (Phi) is 9.81. The molecule has 0 radical (unpaired) electrons. The van der Waals surface area contributed by atoms with E-state index in [2.05, 4.69) is 278 Å². The van der Waals surface area contributed by atoms with Crippen molar-refractivity contribution in [2.45, 2.75) is 5.41 Å². The normalized spacial score (nSPS) is 12.4. The summed E-state index contributed by atoms with van der Waals surface area (Å²) in [5.41, 5.74) is 19.8. The third-order valence-electron chi connectivity index (χ3n) is 13.6. The van der Waals surface area contributed by atoms with E-state index >= 15 is 0 Å². The van der Waals surface area contributed by atoms with Crippen LogP contribution in [0.25, 0.3) is 66.4 Å². The van der Waals surface area contributed by atoms with Gasteiger partial charge in [-0.3, -0.25) is 0 Å². The minimum absolute atomic E-state index is 0.532. The monoisotopic (exact) mass is 839 g/mol. The summed E-state index contributed by atoms with van der Waals surface area (Å²) in [6.07, 6.45) is 0. The fourth-order valence-corrected chi connectivity index (χ4v) is 10.6. The highest BCUT2D eigenvalue weighted by Crippen LogP contribution is 2.60. The molecule has 0 N–H and O–H groups in total. The molecule has 0 unspecified atom stereocenters. The number of hydrogen-bond donors (Lipinski definition) is 0. The van der Waals surface area contributed by atoms with Crippen molar-refractivity contribution in [1.29, 1.82) is 0 Å². The molecule has 0 aromatic heterocycles. The van der Waals surface area contributed by atoms with Crippen molar-refractivity contribution in [2.75, 3.05) is 4.90 Å². The van der Waals surface area contributed by atoms with Gasteiger partial charge in [0.2, 0.25) is 0 Å². The SMILES string of the molecule is c1ccc(-c2ccc(-c3cccc(N(c4ccccc4-c4ccc(-c5cccc6ccccc56)cc4)c4cccc5c4-c4ccccc4C5(c4ccccc4)c4ccccc4)c3)cc2)cc1. The fourth-order valence-electron chi connectivity index (χ4n) is 10.6. The van der Waals surface area contributed by atoms with Gasteiger partial charge >= 0.3 is 0 Å².